The zero-order valence-electron chi connectivity index (χ0n) is 14.8. The van der Waals surface area contributed by atoms with Gasteiger partial charge in [-0.3, -0.25) is 14.9 Å². The van der Waals surface area contributed by atoms with Gasteiger partial charge < -0.3 is 0 Å². The van der Waals surface area contributed by atoms with Crippen LogP contribution in [0, 0.1) is 24.0 Å². The molecule has 136 valence electrons. The summed E-state index contributed by atoms with van der Waals surface area (Å²) in [7, 11) is 0. The minimum absolute atomic E-state index is 0.0460. The summed E-state index contributed by atoms with van der Waals surface area (Å²) in [6.07, 6.45) is 3.25. The summed E-state index contributed by atoms with van der Waals surface area (Å²) in [6, 6.07) is 15.9. The zero-order valence-corrected chi connectivity index (χ0v) is 15.6. The van der Waals surface area contributed by atoms with Gasteiger partial charge in [0, 0.05) is 23.1 Å². The maximum Gasteiger partial charge on any atom is 0.271 e. The van der Waals surface area contributed by atoms with E-state index in [2.05, 4.69) is 5.10 Å². The highest BCUT2D eigenvalue weighted by atomic mass is 32.2. The molecule has 0 bridgehead atoms. The van der Waals surface area contributed by atoms with Crippen molar-refractivity contribution < 1.29 is 9.72 Å². The molecular weight excluding hydrogens is 362 g/mol. The minimum atomic E-state index is -0.430. The number of nitrogens with zero attached hydrogens (tertiary/aromatic N) is 3. The first-order valence-electron chi connectivity index (χ1n) is 8.21. The van der Waals surface area contributed by atoms with Gasteiger partial charge >= 0.3 is 0 Å². The van der Waals surface area contributed by atoms with Gasteiger partial charge in [-0.1, -0.05) is 42.1 Å². The lowest BCUT2D eigenvalue weighted by atomic mass is 10.2. The highest BCUT2D eigenvalue weighted by Gasteiger charge is 2.16. The van der Waals surface area contributed by atoms with Crippen LogP contribution < -0.4 is 0 Å². The predicted octanol–water partition coefficient (Wildman–Crippen LogP) is 4.91. The molecule has 0 N–H and O–H groups in total. The molecule has 7 heteroatoms. The van der Waals surface area contributed by atoms with Crippen LogP contribution in [0.25, 0.3) is 6.08 Å². The van der Waals surface area contributed by atoms with E-state index in [0.29, 0.717) is 0 Å². The zero-order chi connectivity index (χ0) is 19.4. The Bertz CT molecular complexity index is 1010. The van der Waals surface area contributed by atoms with Gasteiger partial charge in [0.25, 0.3) is 11.6 Å². The second kappa shape index (κ2) is 8.01. The number of allylic oxidation sites excluding steroid dienone is 1. The third-order valence-electron chi connectivity index (χ3n) is 3.92. The summed E-state index contributed by atoms with van der Waals surface area (Å²) < 4.78 is 1.38. The Hall–Kier alpha value is -3.19. The fourth-order valence-electron chi connectivity index (χ4n) is 2.55. The van der Waals surface area contributed by atoms with Crippen LogP contribution >= 0.6 is 11.8 Å². The molecule has 0 fully saturated rings. The van der Waals surface area contributed by atoms with Gasteiger partial charge in [0.1, 0.15) is 0 Å². The highest BCUT2D eigenvalue weighted by molar-refractivity contribution is 7.99. The Morgan fingerprint density at radius 2 is 1.78 bits per heavy atom. The van der Waals surface area contributed by atoms with Crippen LogP contribution in [0.1, 0.15) is 21.7 Å². The van der Waals surface area contributed by atoms with Gasteiger partial charge in [-0.25, -0.2) is 4.68 Å². The van der Waals surface area contributed by atoms with E-state index >= 15 is 0 Å². The van der Waals surface area contributed by atoms with E-state index in [0.717, 1.165) is 26.7 Å². The predicted molar refractivity (Wildman–Crippen MR) is 105 cm³/mol. The van der Waals surface area contributed by atoms with Crippen molar-refractivity contribution in [2.45, 2.75) is 23.6 Å². The number of hydrogen-bond acceptors (Lipinski definition) is 5. The van der Waals surface area contributed by atoms with Gasteiger partial charge in [0.05, 0.1) is 21.2 Å². The van der Waals surface area contributed by atoms with Crippen LogP contribution in [-0.4, -0.2) is 20.6 Å². The lowest BCUT2D eigenvalue weighted by Crippen LogP contribution is -2.11. The van der Waals surface area contributed by atoms with E-state index in [4.69, 9.17) is 0 Å². The molecule has 0 aliphatic rings. The molecule has 1 aromatic heterocycles. The fraction of sp³-hybridized carbons (Fsp3) is 0.100. The van der Waals surface area contributed by atoms with Crippen molar-refractivity contribution >= 4 is 29.4 Å². The first kappa shape index (κ1) is 18.6. The Morgan fingerprint density at radius 3 is 2.41 bits per heavy atom. The fourth-order valence-corrected chi connectivity index (χ4v) is 3.48. The molecule has 0 amide bonds. The van der Waals surface area contributed by atoms with Gasteiger partial charge in [0.2, 0.25) is 0 Å². The summed E-state index contributed by atoms with van der Waals surface area (Å²) in [5, 5.41) is 15.1. The summed E-state index contributed by atoms with van der Waals surface area (Å²) in [5.41, 5.74) is 2.45. The molecule has 0 atom stereocenters. The van der Waals surface area contributed by atoms with E-state index in [-0.39, 0.29) is 11.6 Å². The standard InChI is InChI=1S/C20H17N3O3S/c1-14-20(27-18-11-9-17(10-12-18)23(25)26)15(2)22(21-14)19(24)13-8-16-6-4-3-5-7-16/h3-13H,1-2H3/b13-8+. The van der Waals surface area contributed by atoms with Crippen molar-refractivity contribution in [1.82, 2.24) is 9.78 Å². The van der Waals surface area contributed by atoms with E-state index in [9.17, 15) is 14.9 Å². The number of carbonyl (C=O) groups is 1. The third kappa shape index (κ3) is 4.32. The highest BCUT2D eigenvalue weighted by Crippen LogP contribution is 2.33. The van der Waals surface area contributed by atoms with E-state index in [1.54, 1.807) is 18.2 Å². The van der Waals surface area contributed by atoms with Crippen molar-refractivity contribution in [3.8, 4) is 0 Å². The normalized spacial score (nSPS) is 11.0. The van der Waals surface area contributed by atoms with Crippen molar-refractivity contribution in [3.63, 3.8) is 0 Å². The van der Waals surface area contributed by atoms with Crippen molar-refractivity contribution in [2.75, 3.05) is 0 Å². The Labute approximate surface area is 160 Å². The maximum absolute atomic E-state index is 12.5. The molecule has 1 heterocycles. The van der Waals surface area contributed by atoms with Gasteiger partial charge in [-0.2, -0.15) is 5.10 Å². The van der Waals surface area contributed by atoms with Crippen molar-refractivity contribution in [1.29, 1.82) is 0 Å². The Morgan fingerprint density at radius 1 is 1.11 bits per heavy atom. The molecular formula is C20H17N3O3S. The quantitative estimate of drug-likeness (QED) is 0.357. The Balaban J connectivity index is 1.80. The first-order chi connectivity index (χ1) is 13.0. The summed E-state index contributed by atoms with van der Waals surface area (Å²) in [4.78, 5) is 24.6. The molecule has 0 aliphatic heterocycles. The van der Waals surface area contributed by atoms with Gasteiger partial charge in [-0.05, 0) is 37.6 Å². The third-order valence-corrected chi connectivity index (χ3v) is 5.22. The smallest absolute Gasteiger partial charge is 0.267 e. The summed E-state index contributed by atoms with van der Waals surface area (Å²) >= 11 is 1.43. The maximum atomic E-state index is 12.5. The topological polar surface area (TPSA) is 78.0 Å². The van der Waals surface area contributed by atoms with E-state index in [1.165, 1.54) is 34.7 Å². The van der Waals surface area contributed by atoms with Crippen molar-refractivity contribution in [3.05, 3.63) is 87.7 Å². The van der Waals surface area contributed by atoms with E-state index < -0.39 is 4.92 Å². The van der Waals surface area contributed by atoms with Crippen LogP contribution in [0.15, 0.2) is 70.5 Å². The van der Waals surface area contributed by atoms with Crippen molar-refractivity contribution in [2.24, 2.45) is 0 Å². The molecule has 0 aliphatic carbocycles. The molecule has 2 aromatic carbocycles. The number of aryl methyl sites for hydroxylation is 1. The van der Waals surface area contributed by atoms with Crippen LogP contribution in [0.4, 0.5) is 5.69 Å². The second-order valence-electron chi connectivity index (χ2n) is 5.85. The molecule has 0 saturated heterocycles. The minimum Gasteiger partial charge on any atom is -0.267 e. The largest absolute Gasteiger partial charge is 0.271 e. The molecule has 0 unspecified atom stereocenters. The molecule has 6 nitrogen and oxygen atoms in total. The first-order valence-corrected chi connectivity index (χ1v) is 9.03. The number of non-ortho nitro benzene ring substituents is 1. The SMILES string of the molecule is Cc1nn(C(=O)/C=C/c2ccccc2)c(C)c1Sc1ccc([N+](=O)[O-])cc1. The lowest BCUT2D eigenvalue weighted by molar-refractivity contribution is -0.384. The number of nitro groups is 1. The summed E-state index contributed by atoms with van der Waals surface area (Å²) in [5.74, 6) is -0.227. The van der Waals surface area contributed by atoms with Crippen LogP contribution in [-0.2, 0) is 0 Å². The average molecular weight is 379 g/mol. The molecule has 0 saturated carbocycles. The Kier molecular flexibility index (Phi) is 5.52. The summed E-state index contributed by atoms with van der Waals surface area (Å²) in [6.45, 7) is 3.67. The molecule has 0 spiro atoms. The molecule has 27 heavy (non-hydrogen) atoms. The number of rotatable bonds is 5. The number of carbonyl (C=O) groups excluding carboxylic acids is 1. The van der Waals surface area contributed by atoms with Crippen LogP contribution in [0.5, 0.6) is 0 Å². The number of aromatic nitrogens is 2. The number of hydrogen-bond donors (Lipinski definition) is 0. The molecule has 3 aromatic rings. The average Bonchev–Trinajstić information content (AvgIpc) is 2.95. The molecule has 3 rings (SSSR count). The lowest BCUT2D eigenvalue weighted by Gasteiger charge is -2.03. The number of benzene rings is 2. The van der Waals surface area contributed by atoms with Gasteiger partial charge in [-0.15, -0.1) is 0 Å². The van der Waals surface area contributed by atoms with Gasteiger partial charge in [0.15, 0.2) is 0 Å². The second-order valence-corrected chi connectivity index (χ2v) is 6.93. The monoisotopic (exact) mass is 379 g/mol. The van der Waals surface area contributed by atoms with E-state index in [1.807, 2.05) is 44.2 Å². The number of nitro benzene ring substituents is 1. The van der Waals surface area contributed by atoms with Crippen LogP contribution in [0.2, 0.25) is 0 Å². The van der Waals surface area contributed by atoms with Crippen LogP contribution in [0.3, 0.4) is 0 Å². The molecule has 0 radical (unpaired) electrons.